The number of hydrogen-bond acceptors (Lipinski definition) is 3. The second-order valence-electron chi connectivity index (χ2n) is 5.79. The topological polar surface area (TPSA) is 35.6 Å². The average molecular weight is 289 g/mol. The standard InChI is InChI=1S/C17H27N3O/c1-4-7-18-13-16-5-6-17(14(2)12-16)20-10-8-19(9-11-20)15(3)21/h5-6,12,18H,4,7-11,13H2,1-3H3. The number of carbonyl (C=O) groups excluding carboxylic acids is 1. The van der Waals surface area contributed by atoms with E-state index < -0.39 is 0 Å². The summed E-state index contributed by atoms with van der Waals surface area (Å²) in [4.78, 5) is 15.7. The summed E-state index contributed by atoms with van der Waals surface area (Å²) < 4.78 is 0. The lowest BCUT2D eigenvalue weighted by Crippen LogP contribution is -2.48. The van der Waals surface area contributed by atoms with E-state index in [9.17, 15) is 4.79 Å². The molecule has 0 aliphatic carbocycles. The molecule has 0 radical (unpaired) electrons. The molecule has 1 amide bonds. The van der Waals surface area contributed by atoms with Crippen LogP contribution in [0.2, 0.25) is 0 Å². The van der Waals surface area contributed by atoms with Crippen LogP contribution >= 0.6 is 0 Å². The fourth-order valence-electron chi connectivity index (χ4n) is 2.85. The molecule has 0 saturated carbocycles. The third-order valence-corrected chi connectivity index (χ3v) is 4.08. The summed E-state index contributed by atoms with van der Waals surface area (Å²) in [5.74, 6) is 0.184. The number of nitrogens with one attached hydrogen (secondary N) is 1. The molecule has 0 spiro atoms. The number of aryl methyl sites for hydroxylation is 1. The number of hydrogen-bond donors (Lipinski definition) is 1. The van der Waals surface area contributed by atoms with Gasteiger partial charge in [0.25, 0.3) is 0 Å². The van der Waals surface area contributed by atoms with Gasteiger partial charge in [-0.1, -0.05) is 19.1 Å². The van der Waals surface area contributed by atoms with Gasteiger partial charge < -0.3 is 15.1 Å². The Labute approximate surface area is 128 Å². The normalized spacial score (nSPS) is 15.4. The Morgan fingerprint density at radius 1 is 1.24 bits per heavy atom. The van der Waals surface area contributed by atoms with E-state index in [0.29, 0.717) is 0 Å². The van der Waals surface area contributed by atoms with Crippen LogP contribution in [0.15, 0.2) is 18.2 Å². The summed E-state index contributed by atoms with van der Waals surface area (Å²) >= 11 is 0. The summed E-state index contributed by atoms with van der Waals surface area (Å²) in [6, 6.07) is 6.71. The highest BCUT2D eigenvalue weighted by Gasteiger charge is 2.19. The summed E-state index contributed by atoms with van der Waals surface area (Å²) in [6.45, 7) is 11.5. The molecule has 0 atom stereocenters. The van der Waals surface area contributed by atoms with Gasteiger partial charge in [-0.3, -0.25) is 4.79 Å². The maximum Gasteiger partial charge on any atom is 0.219 e. The minimum atomic E-state index is 0.184. The van der Waals surface area contributed by atoms with Crippen LogP contribution in [-0.4, -0.2) is 43.5 Å². The molecule has 1 aliphatic heterocycles. The van der Waals surface area contributed by atoms with Gasteiger partial charge in [0.2, 0.25) is 5.91 Å². The lowest BCUT2D eigenvalue weighted by Gasteiger charge is -2.36. The highest BCUT2D eigenvalue weighted by Crippen LogP contribution is 2.22. The van der Waals surface area contributed by atoms with Gasteiger partial charge in [0.05, 0.1) is 0 Å². The van der Waals surface area contributed by atoms with Gasteiger partial charge in [-0.25, -0.2) is 0 Å². The van der Waals surface area contributed by atoms with Gasteiger partial charge in [0.15, 0.2) is 0 Å². The predicted molar refractivity (Wildman–Crippen MR) is 87.6 cm³/mol. The summed E-state index contributed by atoms with van der Waals surface area (Å²) in [5.41, 5.74) is 3.96. The fourth-order valence-corrected chi connectivity index (χ4v) is 2.85. The Bertz CT molecular complexity index is 479. The molecule has 4 nitrogen and oxygen atoms in total. The smallest absolute Gasteiger partial charge is 0.219 e. The van der Waals surface area contributed by atoms with E-state index in [2.05, 4.69) is 42.3 Å². The van der Waals surface area contributed by atoms with Crippen molar-refractivity contribution in [2.75, 3.05) is 37.6 Å². The summed E-state index contributed by atoms with van der Waals surface area (Å²) in [5, 5.41) is 3.44. The van der Waals surface area contributed by atoms with Gasteiger partial charge in [-0.05, 0) is 37.1 Å². The zero-order chi connectivity index (χ0) is 15.2. The Balaban J connectivity index is 1.96. The molecule has 1 aromatic carbocycles. The Kier molecular flexibility index (Phi) is 5.62. The van der Waals surface area contributed by atoms with Crippen molar-refractivity contribution in [3.8, 4) is 0 Å². The highest BCUT2D eigenvalue weighted by molar-refractivity contribution is 5.73. The van der Waals surface area contributed by atoms with Gasteiger partial charge >= 0.3 is 0 Å². The molecule has 0 aromatic heterocycles. The molecule has 1 aromatic rings. The van der Waals surface area contributed by atoms with Crippen molar-refractivity contribution in [3.63, 3.8) is 0 Å². The molecule has 1 aliphatic rings. The quantitative estimate of drug-likeness (QED) is 0.844. The van der Waals surface area contributed by atoms with Gasteiger partial charge in [-0.15, -0.1) is 0 Å². The number of nitrogens with zero attached hydrogens (tertiary/aromatic N) is 2. The van der Waals surface area contributed by atoms with Gasteiger partial charge in [-0.2, -0.15) is 0 Å². The molecule has 2 rings (SSSR count). The van der Waals surface area contributed by atoms with Crippen LogP contribution in [0.4, 0.5) is 5.69 Å². The monoisotopic (exact) mass is 289 g/mol. The summed E-state index contributed by atoms with van der Waals surface area (Å²) in [7, 11) is 0. The lowest BCUT2D eigenvalue weighted by molar-refractivity contribution is -0.129. The first-order valence-corrected chi connectivity index (χ1v) is 7.92. The number of anilines is 1. The minimum absolute atomic E-state index is 0.184. The third-order valence-electron chi connectivity index (χ3n) is 4.08. The SMILES string of the molecule is CCCNCc1ccc(N2CCN(C(C)=O)CC2)c(C)c1. The first kappa shape index (κ1) is 15.8. The first-order chi connectivity index (χ1) is 10.1. The number of rotatable bonds is 5. The van der Waals surface area contributed by atoms with Crippen LogP contribution in [-0.2, 0) is 11.3 Å². The highest BCUT2D eigenvalue weighted by atomic mass is 16.2. The van der Waals surface area contributed by atoms with Crippen molar-refractivity contribution in [1.82, 2.24) is 10.2 Å². The van der Waals surface area contributed by atoms with Crippen molar-refractivity contribution < 1.29 is 4.79 Å². The number of amides is 1. The van der Waals surface area contributed by atoms with E-state index in [1.54, 1.807) is 6.92 Å². The van der Waals surface area contributed by atoms with E-state index in [1.165, 1.54) is 16.8 Å². The minimum Gasteiger partial charge on any atom is -0.368 e. The zero-order valence-corrected chi connectivity index (χ0v) is 13.5. The van der Waals surface area contributed by atoms with Crippen LogP contribution in [0.3, 0.4) is 0 Å². The van der Waals surface area contributed by atoms with Crippen molar-refractivity contribution in [2.24, 2.45) is 0 Å². The maximum absolute atomic E-state index is 11.4. The van der Waals surface area contributed by atoms with E-state index in [-0.39, 0.29) is 5.91 Å². The summed E-state index contributed by atoms with van der Waals surface area (Å²) in [6.07, 6.45) is 1.16. The predicted octanol–water partition coefficient (Wildman–Crippen LogP) is 2.16. The molecule has 0 unspecified atom stereocenters. The molecular weight excluding hydrogens is 262 g/mol. The largest absolute Gasteiger partial charge is 0.368 e. The number of piperazine rings is 1. The van der Waals surface area contributed by atoms with E-state index in [4.69, 9.17) is 0 Å². The number of carbonyl (C=O) groups is 1. The fraction of sp³-hybridized carbons (Fsp3) is 0.588. The average Bonchev–Trinajstić information content (AvgIpc) is 2.48. The van der Waals surface area contributed by atoms with Crippen LogP contribution in [0.25, 0.3) is 0 Å². The van der Waals surface area contributed by atoms with Crippen LogP contribution in [0, 0.1) is 6.92 Å². The van der Waals surface area contributed by atoms with Gasteiger partial charge in [0, 0.05) is 45.3 Å². The maximum atomic E-state index is 11.4. The van der Waals surface area contributed by atoms with E-state index >= 15 is 0 Å². The second kappa shape index (κ2) is 7.46. The molecule has 0 bridgehead atoms. The molecule has 1 fully saturated rings. The third kappa shape index (κ3) is 4.21. The van der Waals surface area contributed by atoms with Crippen molar-refractivity contribution in [1.29, 1.82) is 0 Å². The Morgan fingerprint density at radius 3 is 2.52 bits per heavy atom. The Hall–Kier alpha value is -1.55. The molecule has 21 heavy (non-hydrogen) atoms. The molecule has 1 N–H and O–H groups in total. The van der Waals surface area contributed by atoms with Crippen LogP contribution in [0.1, 0.15) is 31.4 Å². The molecular formula is C17H27N3O. The molecule has 4 heteroatoms. The van der Waals surface area contributed by atoms with Crippen LogP contribution < -0.4 is 10.2 Å². The zero-order valence-electron chi connectivity index (χ0n) is 13.5. The van der Waals surface area contributed by atoms with Crippen molar-refractivity contribution in [2.45, 2.75) is 33.7 Å². The van der Waals surface area contributed by atoms with Crippen LogP contribution in [0.5, 0.6) is 0 Å². The second-order valence-corrected chi connectivity index (χ2v) is 5.79. The van der Waals surface area contributed by atoms with Crippen molar-refractivity contribution >= 4 is 11.6 Å². The first-order valence-electron chi connectivity index (χ1n) is 7.92. The molecule has 1 saturated heterocycles. The van der Waals surface area contributed by atoms with Crippen molar-refractivity contribution in [3.05, 3.63) is 29.3 Å². The Morgan fingerprint density at radius 2 is 1.95 bits per heavy atom. The van der Waals surface area contributed by atoms with E-state index in [0.717, 1.165) is 45.7 Å². The van der Waals surface area contributed by atoms with E-state index in [1.807, 2.05) is 4.90 Å². The molecule has 1 heterocycles. The van der Waals surface area contributed by atoms with Gasteiger partial charge in [0.1, 0.15) is 0 Å². The molecule has 116 valence electrons. The number of benzene rings is 1. The lowest BCUT2D eigenvalue weighted by atomic mass is 10.1.